The van der Waals surface area contributed by atoms with E-state index in [0.29, 0.717) is 6.54 Å². The van der Waals surface area contributed by atoms with Gasteiger partial charge in [0.2, 0.25) is 0 Å². The first kappa shape index (κ1) is 16.7. The molecule has 5 rings (SSSR count). The molecule has 0 atom stereocenters. The number of anilines is 2. The van der Waals surface area contributed by atoms with Crippen LogP contribution in [0.3, 0.4) is 0 Å². The highest BCUT2D eigenvalue weighted by atomic mass is 15.2. The van der Waals surface area contributed by atoms with Gasteiger partial charge in [0.05, 0.1) is 0 Å². The van der Waals surface area contributed by atoms with E-state index in [1.165, 1.54) is 12.8 Å². The number of pyridine rings is 2. The molecule has 0 bridgehead atoms. The van der Waals surface area contributed by atoms with Gasteiger partial charge in [0.15, 0.2) is 5.82 Å². The maximum atomic E-state index is 4.72. The summed E-state index contributed by atoms with van der Waals surface area (Å²) >= 11 is 0. The topological polar surface area (TPSA) is 82.6 Å². The van der Waals surface area contributed by atoms with Gasteiger partial charge in [-0.25, -0.2) is 9.97 Å². The smallest absolute Gasteiger partial charge is 0.155 e. The van der Waals surface area contributed by atoms with E-state index in [1.807, 2.05) is 24.4 Å². The van der Waals surface area contributed by atoms with E-state index >= 15 is 0 Å². The van der Waals surface area contributed by atoms with Crippen LogP contribution >= 0.6 is 0 Å². The van der Waals surface area contributed by atoms with Crippen molar-refractivity contribution >= 4 is 22.7 Å². The summed E-state index contributed by atoms with van der Waals surface area (Å²) < 4.78 is 0. The van der Waals surface area contributed by atoms with Crippen molar-refractivity contribution in [3.05, 3.63) is 60.8 Å². The van der Waals surface area contributed by atoms with Gasteiger partial charge in [-0.2, -0.15) is 0 Å². The molecule has 0 saturated carbocycles. The van der Waals surface area contributed by atoms with Gasteiger partial charge in [-0.05, 0) is 42.7 Å². The van der Waals surface area contributed by atoms with Gasteiger partial charge in [0, 0.05) is 61.6 Å². The van der Waals surface area contributed by atoms with E-state index in [4.69, 9.17) is 9.97 Å². The van der Waals surface area contributed by atoms with E-state index in [-0.39, 0.29) is 0 Å². The summed E-state index contributed by atoms with van der Waals surface area (Å²) in [4.78, 5) is 23.7. The molecule has 0 radical (unpaired) electrons. The van der Waals surface area contributed by atoms with Crippen LogP contribution < -0.4 is 10.2 Å². The van der Waals surface area contributed by atoms with Gasteiger partial charge in [-0.3, -0.25) is 9.97 Å². The zero-order chi connectivity index (χ0) is 18.8. The average molecular weight is 371 g/mol. The Hall–Kier alpha value is -3.48. The lowest BCUT2D eigenvalue weighted by Crippen LogP contribution is -2.20. The standard InChI is InChI=1S/C21H21N7/c1-2-12-28(11-1)21-19(23-9-10-25-21)17-13-18(27-20-16(17)5-8-24-20)26-14-15-3-6-22-7-4-15/h3-10,13H,1-2,11-12,14H2,(H2,24,26,27). The van der Waals surface area contributed by atoms with E-state index in [0.717, 1.165) is 52.6 Å². The quantitative estimate of drug-likeness (QED) is 0.557. The summed E-state index contributed by atoms with van der Waals surface area (Å²) in [5.74, 6) is 1.76. The highest BCUT2D eigenvalue weighted by molar-refractivity contribution is 5.96. The van der Waals surface area contributed by atoms with Crippen molar-refractivity contribution in [1.82, 2.24) is 24.9 Å². The predicted octanol–water partition coefficient (Wildman–Crippen LogP) is 3.63. The van der Waals surface area contributed by atoms with Crippen LogP contribution in [0, 0.1) is 0 Å². The SMILES string of the molecule is c1cc(CNc2cc(-c3nccnc3N3CCCC3)c3cc[nH]c3n2)ccn1. The fourth-order valence-electron chi connectivity index (χ4n) is 3.70. The predicted molar refractivity (Wildman–Crippen MR) is 110 cm³/mol. The maximum Gasteiger partial charge on any atom is 0.155 e. The number of H-pyrrole nitrogens is 1. The molecule has 2 N–H and O–H groups in total. The van der Waals surface area contributed by atoms with E-state index in [9.17, 15) is 0 Å². The summed E-state index contributed by atoms with van der Waals surface area (Å²) in [6.45, 7) is 2.74. The highest BCUT2D eigenvalue weighted by Gasteiger charge is 2.21. The van der Waals surface area contributed by atoms with Crippen LogP contribution in [0.1, 0.15) is 18.4 Å². The third kappa shape index (κ3) is 3.15. The van der Waals surface area contributed by atoms with E-state index in [1.54, 1.807) is 24.8 Å². The summed E-state index contributed by atoms with van der Waals surface area (Å²) in [6, 6.07) is 8.11. The van der Waals surface area contributed by atoms with Crippen molar-refractivity contribution in [3.63, 3.8) is 0 Å². The molecule has 28 heavy (non-hydrogen) atoms. The van der Waals surface area contributed by atoms with Gasteiger partial charge in [-0.15, -0.1) is 0 Å². The summed E-state index contributed by atoms with van der Waals surface area (Å²) in [5, 5.41) is 4.47. The number of fused-ring (bicyclic) bond motifs is 1. The van der Waals surface area contributed by atoms with Crippen LogP contribution in [0.2, 0.25) is 0 Å². The summed E-state index contributed by atoms with van der Waals surface area (Å²) in [5.41, 5.74) is 3.94. The zero-order valence-corrected chi connectivity index (χ0v) is 15.5. The number of nitrogens with zero attached hydrogens (tertiary/aromatic N) is 5. The zero-order valence-electron chi connectivity index (χ0n) is 15.5. The molecule has 1 aliphatic rings. The third-order valence-electron chi connectivity index (χ3n) is 5.09. The Morgan fingerprint density at radius 3 is 2.68 bits per heavy atom. The Morgan fingerprint density at radius 2 is 1.82 bits per heavy atom. The molecule has 0 amide bonds. The van der Waals surface area contributed by atoms with Crippen molar-refractivity contribution in [1.29, 1.82) is 0 Å². The number of nitrogens with one attached hydrogen (secondary N) is 2. The van der Waals surface area contributed by atoms with Crippen LogP contribution in [0.4, 0.5) is 11.6 Å². The van der Waals surface area contributed by atoms with Crippen LogP contribution in [-0.4, -0.2) is 38.0 Å². The lowest BCUT2D eigenvalue weighted by molar-refractivity contribution is 0.929. The number of hydrogen-bond acceptors (Lipinski definition) is 6. The molecule has 4 aromatic heterocycles. The highest BCUT2D eigenvalue weighted by Crippen LogP contribution is 2.34. The first-order valence-electron chi connectivity index (χ1n) is 9.56. The molecular formula is C21H21N7. The molecule has 5 heterocycles. The number of aromatic nitrogens is 5. The van der Waals surface area contributed by atoms with Gasteiger partial charge >= 0.3 is 0 Å². The second kappa shape index (κ2) is 7.26. The molecule has 7 heteroatoms. The Labute approximate surface area is 162 Å². The molecule has 0 unspecified atom stereocenters. The van der Waals surface area contributed by atoms with Gasteiger partial charge in [0.1, 0.15) is 17.2 Å². The van der Waals surface area contributed by atoms with Gasteiger partial charge in [0.25, 0.3) is 0 Å². The van der Waals surface area contributed by atoms with E-state index in [2.05, 4.69) is 31.2 Å². The monoisotopic (exact) mass is 371 g/mol. The van der Waals surface area contributed by atoms with Crippen molar-refractivity contribution in [2.45, 2.75) is 19.4 Å². The summed E-state index contributed by atoms with van der Waals surface area (Å²) in [6.07, 6.45) is 11.4. The molecule has 4 aromatic rings. The minimum atomic E-state index is 0.681. The molecule has 140 valence electrons. The third-order valence-corrected chi connectivity index (χ3v) is 5.09. The second-order valence-electron chi connectivity index (χ2n) is 6.93. The second-order valence-corrected chi connectivity index (χ2v) is 6.93. The van der Waals surface area contributed by atoms with Crippen molar-refractivity contribution in [3.8, 4) is 11.3 Å². The first-order valence-corrected chi connectivity index (χ1v) is 9.56. The van der Waals surface area contributed by atoms with Gasteiger partial charge < -0.3 is 15.2 Å². The Balaban J connectivity index is 1.55. The lowest BCUT2D eigenvalue weighted by atomic mass is 10.1. The first-order chi connectivity index (χ1) is 13.9. The Kier molecular flexibility index (Phi) is 4.33. The van der Waals surface area contributed by atoms with Crippen LogP contribution in [-0.2, 0) is 6.54 Å². The molecule has 7 nitrogen and oxygen atoms in total. The molecular weight excluding hydrogens is 350 g/mol. The van der Waals surface area contributed by atoms with Crippen molar-refractivity contribution in [2.24, 2.45) is 0 Å². The van der Waals surface area contributed by atoms with Crippen LogP contribution in [0.15, 0.2) is 55.2 Å². The van der Waals surface area contributed by atoms with E-state index < -0.39 is 0 Å². The normalized spacial score (nSPS) is 13.9. The molecule has 0 aliphatic carbocycles. The largest absolute Gasteiger partial charge is 0.366 e. The molecule has 1 fully saturated rings. The average Bonchev–Trinajstić information content (AvgIpc) is 3.44. The summed E-state index contributed by atoms with van der Waals surface area (Å²) in [7, 11) is 0. The fraction of sp³-hybridized carbons (Fsp3) is 0.238. The lowest BCUT2D eigenvalue weighted by Gasteiger charge is -2.19. The number of rotatable bonds is 5. The Bertz CT molecular complexity index is 1080. The minimum Gasteiger partial charge on any atom is -0.366 e. The molecule has 0 spiro atoms. The fourth-order valence-corrected chi connectivity index (χ4v) is 3.70. The maximum absolute atomic E-state index is 4.72. The molecule has 0 aromatic carbocycles. The van der Waals surface area contributed by atoms with Crippen LogP contribution in [0.5, 0.6) is 0 Å². The Morgan fingerprint density at radius 1 is 1.00 bits per heavy atom. The van der Waals surface area contributed by atoms with Crippen molar-refractivity contribution < 1.29 is 0 Å². The molecule has 1 aliphatic heterocycles. The van der Waals surface area contributed by atoms with Gasteiger partial charge in [-0.1, -0.05) is 0 Å². The molecule has 1 saturated heterocycles. The van der Waals surface area contributed by atoms with Crippen LogP contribution in [0.25, 0.3) is 22.3 Å². The van der Waals surface area contributed by atoms with Crippen molar-refractivity contribution in [2.75, 3.05) is 23.3 Å². The minimum absolute atomic E-state index is 0.681. The number of hydrogen-bond donors (Lipinski definition) is 2. The number of aromatic amines is 1.